The summed E-state index contributed by atoms with van der Waals surface area (Å²) in [5, 5.41) is 2.88. The Morgan fingerprint density at radius 3 is 2.35 bits per heavy atom. The molecule has 6 nitrogen and oxygen atoms in total. The molecule has 0 bridgehead atoms. The molecule has 0 aromatic heterocycles. The summed E-state index contributed by atoms with van der Waals surface area (Å²) in [4.78, 5) is 39.1. The molecule has 0 unspecified atom stereocenters. The molecule has 3 amide bonds. The van der Waals surface area contributed by atoms with Crippen LogP contribution in [-0.2, 0) is 13.1 Å². The van der Waals surface area contributed by atoms with Crippen LogP contribution in [0.3, 0.4) is 0 Å². The summed E-state index contributed by atoms with van der Waals surface area (Å²) in [6, 6.07) is 19.3. The Kier molecular flexibility index (Phi) is 5.86. The van der Waals surface area contributed by atoms with Gasteiger partial charge < -0.3 is 10.1 Å². The van der Waals surface area contributed by atoms with Gasteiger partial charge in [-0.1, -0.05) is 40.2 Å². The first-order valence-electron chi connectivity index (χ1n) is 9.62. The zero-order chi connectivity index (χ0) is 22.0. The second kappa shape index (κ2) is 8.73. The van der Waals surface area contributed by atoms with Crippen LogP contribution in [0.4, 0.5) is 0 Å². The molecule has 0 atom stereocenters. The highest BCUT2D eigenvalue weighted by molar-refractivity contribution is 9.10. The molecule has 3 aromatic rings. The van der Waals surface area contributed by atoms with Gasteiger partial charge in [0.1, 0.15) is 5.75 Å². The van der Waals surface area contributed by atoms with Gasteiger partial charge in [-0.3, -0.25) is 19.3 Å². The van der Waals surface area contributed by atoms with Crippen LogP contribution in [0.5, 0.6) is 5.75 Å². The monoisotopic (exact) mass is 478 g/mol. The summed E-state index contributed by atoms with van der Waals surface area (Å²) in [5.74, 6) is -0.219. The standard InChI is InChI=1S/C24H19BrN2O4/c1-31-21-10-9-18(25)12-17(21)13-26-22(28)16-6-4-5-15(11-16)14-27-23(29)19-7-2-3-8-20(19)24(27)30/h2-12H,13-14H2,1H3,(H,26,28). The fourth-order valence-electron chi connectivity index (χ4n) is 3.54. The van der Waals surface area contributed by atoms with Crippen molar-refractivity contribution in [1.82, 2.24) is 10.2 Å². The maximum absolute atomic E-state index is 12.7. The number of hydrogen-bond acceptors (Lipinski definition) is 4. The van der Waals surface area contributed by atoms with E-state index in [0.29, 0.717) is 34.5 Å². The average molecular weight is 479 g/mol. The number of imide groups is 1. The fourth-order valence-corrected chi connectivity index (χ4v) is 3.95. The van der Waals surface area contributed by atoms with Gasteiger partial charge in [0.15, 0.2) is 0 Å². The molecule has 0 spiro atoms. The molecule has 1 heterocycles. The number of fused-ring (bicyclic) bond motifs is 1. The van der Waals surface area contributed by atoms with Gasteiger partial charge in [-0.05, 0) is 48.0 Å². The molecule has 7 heteroatoms. The summed E-state index contributed by atoms with van der Waals surface area (Å²) < 4.78 is 6.23. The van der Waals surface area contributed by atoms with Crippen molar-refractivity contribution in [2.24, 2.45) is 0 Å². The summed E-state index contributed by atoms with van der Waals surface area (Å²) in [5.41, 5.74) is 2.80. The van der Waals surface area contributed by atoms with E-state index in [9.17, 15) is 14.4 Å². The summed E-state index contributed by atoms with van der Waals surface area (Å²) in [7, 11) is 1.58. The number of amides is 3. The molecule has 0 saturated heterocycles. The Bertz CT molecular complexity index is 1160. The Balaban J connectivity index is 1.47. The number of rotatable bonds is 6. The minimum atomic E-state index is -0.322. The number of nitrogens with one attached hydrogen (secondary N) is 1. The van der Waals surface area contributed by atoms with Crippen LogP contribution in [0.1, 0.15) is 42.2 Å². The maximum atomic E-state index is 12.7. The van der Waals surface area contributed by atoms with Crippen molar-refractivity contribution >= 4 is 33.7 Å². The second-order valence-corrected chi connectivity index (χ2v) is 8.00. The molecule has 0 aliphatic carbocycles. The van der Waals surface area contributed by atoms with Crippen LogP contribution < -0.4 is 10.1 Å². The summed E-state index contributed by atoms with van der Waals surface area (Å²) >= 11 is 3.42. The van der Waals surface area contributed by atoms with Gasteiger partial charge >= 0.3 is 0 Å². The van der Waals surface area contributed by atoms with E-state index in [1.807, 2.05) is 18.2 Å². The molecule has 0 radical (unpaired) electrons. The van der Waals surface area contributed by atoms with Gasteiger partial charge in [0, 0.05) is 22.1 Å². The lowest BCUT2D eigenvalue weighted by molar-refractivity contribution is 0.0642. The minimum Gasteiger partial charge on any atom is -0.496 e. The third-order valence-corrected chi connectivity index (χ3v) is 5.58. The van der Waals surface area contributed by atoms with Crippen LogP contribution in [0.2, 0.25) is 0 Å². The normalized spacial score (nSPS) is 12.6. The van der Waals surface area contributed by atoms with Gasteiger partial charge in [-0.25, -0.2) is 0 Å². The van der Waals surface area contributed by atoms with Crippen LogP contribution >= 0.6 is 15.9 Å². The van der Waals surface area contributed by atoms with E-state index in [4.69, 9.17) is 4.74 Å². The molecule has 1 N–H and O–H groups in total. The molecule has 1 aliphatic rings. The van der Waals surface area contributed by atoms with Crippen molar-refractivity contribution in [2.45, 2.75) is 13.1 Å². The molecular formula is C24H19BrN2O4. The SMILES string of the molecule is COc1ccc(Br)cc1CNC(=O)c1cccc(CN2C(=O)c3ccccc3C2=O)c1. The number of carbonyl (C=O) groups excluding carboxylic acids is 3. The molecule has 31 heavy (non-hydrogen) atoms. The van der Waals surface area contributed by atoms with Crippen molar-refractivity contribution < 1.29 is 19.1 Å². The van der Waals surface area contributed by atoms with E-state index >= 15 is 0 Å². The quantitative estimate of drug-likeness (QED) is 0.539. The van der Waals surface area contributed by atoms with E-state index in [0.717, 1.165) is 10.0 Å². The van der Waals surface area contributed by atoms with E-state index in [2.05, 4.69) is 21.2 Å². The zero-order valence-electron chi connectivity index (χ0n) is 16.7. The third kappa shape index (κ3) is 4.22. The van der Waals surface area contributed by atoms with Crippen LogP contribution in [-0.4, -0.2) is 29.7 Å². The summed E-state index contributed by atoms with van der Waals surface area (Å²) in [6.45, 7) is 0.400. The smallest absolute Gasteiger partial charge is 0.261 e. The third-order valence-electron chi connectivity index (χ3n) is 5.09. The Morgan fingerprint density at radius 1 is 0.968 bits per heavy atom. The Morgan fingerprint density at radius 2 is 1.68 bits per heavy atom. The van der Waals surface area contributed by atoms with Gasteiger partial charge in [0.25, 0.3) is 17.7 Å². The molecule has 156 valence electrons. The topological polar surface area (TPSA) is 75.7 Å². The lowest BCUT2D eigenvalue weighted by Crippen LogP contribution is -2.29. The molecule has 0 saturated carbocycles. The predicted octanol–water partition coefficient (Wildman–Crippen LogP) is 4.18. The molecular weight excluding hydrogens is 460 g/mol. The minimum absolute atomic E-state index is 0.104. The van der Waals surface area contributed by atoms with E-state index < -0.39 is 0 Å². The van der Waals surface area contributed by atoms with E-state index in [1.165, 1.54) is 4.90 Å². The lowest BCUT2D eigenvalue weighted by Gasteiger charge is -2.15. The number of nitrogens with zero attached hydrogens (tertiary/aromatic N) is 1. The van der Waals surface area contributed by atoms with E-state index in [-0.39, 0.29) is 24.3 Å². The van der Waals surface area contributed by atoms with Gasteiger partial charge in [0.2, 0.25) is 0 Å². The number of methoxy groups -OCH3 is 1. The maximum Gasteiger partial charge on any atom is 0.261 e. The zero-order valence-corrected chi connectivity index (χ0v) is 18.3. The Hall–Kier alpha value is -3.45. The predicted molar refractivity (Wildman–Crippen MR) is 119 cm³/mol. The first kappa shape index (κ1) is 20.8. The van der Waals surface area contributed by atoms with Crippen molar-refractivity contribution in [1.29, 1.82) is 0 Å². The molecule has 0 fully saturated rings. The van der Waals surface area contributed by atoms with Crippen LogP contribution in [0, 0.1) is 0 Å². The molecule has 3 aromatic carbocycles. The number of ether oxygens (including phenoxy) is 1. The molecule has 1 aliphatic heterocycles. The van der Waals surface area contributed by atoms with Crippen molar-refractivity contribution in [3.8, 4) is 5.75 Å². The van der Waals surface area contributed by atoms with Crippen molar-refractivity contribution in [3.63, 3.8) is 0 Å². The van der Waals surface area contributed by atoms with Crippen molar-refractivity contribution in [3.05, 3.63) is 99.0 Å². The number of benzene rings is 3. The lowest BCUT2D eigenvalue weighted by atomic mass is 10.1. The van der Waals surface area contributed by atoms with Crippen LogP contribution in [0.25, 0.3) is 0 Å². The average Bonchev–Trinajstić information content (AvgIpc) is 3.03. The van der Waals surface area contributed by atoms with Crippen molar-refractivity contribution in [2.75, 3.05) is 7.11 Å². The first-order valence-corrected chi connectivity index (χ1v) is 10.4. The second-order valence-electron chi connectivity index (χ2n) is 7.08. The molecule has 4 rings (SSSR count). The highest BCUT2D eigenvalue weighted by atomic mass is 79.9. The highest BCUT2D eigenvalue weighted by Gasteiger charge is 2.34. The van der Waals surface area contributed by atoms with Gasteiger partial charge in [-0.15, -0.1) is 0 Å². The van der Waals surface area contributed by atoms with E-state index in [1.54, 1.807) is 55.6 Å². The Labute approximate surface area is 188 Å². The fraction of sp³-hybridized carbons (Fsp3) is 0.125. The summed E-state index contributed by atoms with van der Waals surface area (Å²) in [6.07, 6.45) is 0. The largest absolute Gasteiger partial charge is 0.496 e. The van der Waals surface area contributed by atoms with Gasteiger partial charge in [-0.2, -0.15) is 0 Å². The number of hydrogen-bond donors (Lipinski definition) is 1. The highest BCUT2D eigenvalue weighted by Crippen LogP contribution is 2.25. The number of halogens is 1. The first-order chi connectivity index (χ1) is 15.0. The number of carbonyl (C=O) groups is 3. The van der Waals surface area contributed by atoms with Gasteiger partial charge in [0.05, 0.1) is 24.8 Å². The van der Waals surface area contributed by atoms with Crippen LogP contribution in [0.15, 0.2) is 71.2 Å².